The van der Waals surface area contributed by atoms with Crippen molar-refractivity contribution in [3.05, 3.63) is 24.3 Å². The average Bonchev–Trinajstić information content (AvgIpc) is 3.22. The summed E-state index contributed by atoms with van der Waals surface area (Å²) in [6, 6.07) is 5.27. The molecule has 0 bridgehead atoms. The topological polar surface area (TPSA) is 49.4 Å². The summed E-state index contributed by atoms with van der Waals surface area (Å²) in [6.45, 7) is 1.48. The number of nitrogens with one attached hydrogen (secondary N) is 1. The van der Waals surface area contributed by atoms with Crippen molar-refractivity contribution in [3.63, 3.8) is 0 Å². The summed E-state index contributed by atoms with van der Waals surface area (Å²) < 4.78 is 59.5. The van der Waals surface area contributed by atoms with E-state index in [0.29, 0.717) is 18.3 Å². The molecule has 2 rings (SSSR count). The van der Waals surface area contributed by atoms with Crippen LogP contribution in [-0.4, -0.2) is 45.0 Å². The van der Waals surface area contributed by atoms with Crippen LogP contribution < -0.4 is 5.32 Å². The molecule has 21 heavy (non-hydrogen) atoms. The first kappa shape index (κ1) is 16.1. The maximum atomic E-state index is 12.4. The number of benzene rings is 1. The Morgan fingerprint density at radius 2 is 1.81 bits per heavy atom. The summed E-state index contributed by atoms with van der Waals surface area (Å²) in [5.41, 5.74) is -4.67. The second-order valence-corrected chi connectivity index (χ2v) is 7.05. The number of rotatable bonds is 6. The van der Waals surface area contributed by atoms with Gasteiger partial charge in [0.15, 0.2) is 0 Å². The number of halogens is 3. The predicted octanol–water partition coefficient (Wildman–Crippen LogP) is 2.49. The molecule has 1 fully saturated rings. The molecule has 0 aliphatic heterocycles. The van der Waals surface area contributed by atoms with Gasteiger partial charge in [-0.1, -0.05) is 0 Å². The van der Waals surface area contributed by atoms with Crippen LogP contribution in [-0.2, 0) is 9.84 Å². The minimum atomic E-state index is -5.27. The minimum absolute atomic E-state index is 0.598. The Labute approximate surface area is 121 Å². The van der Waals surface area contributed by atoms with Crippen molar-refractivity contribution in [2.24, 2.45) is 0 Å². The Balaban J connectivity index is 1.93. The first-order chi connectivity index (χ1) is 9.72. The van der Waals surface area contributed by atoms with Gasteiger partial charge in [0.25, 0.3) is 9.84 Å². The van der Waals surface area contributed by atoms with Gasteiger partial charge in [0.1, 0.15) is 0 Å². The van der Waals surface area contributed by atoms with Gasteiger partial charge in [0.2, 0.25) is 0 Å². The van der Waals surface area contributed by atoms with E-state index < -0.39 is 20.2 Å². The van der Waals surface area contributed by atoms with E-state index in [4.69, 9.17) is 0 Å². The highest BCUT2D eigenvalue weighted by Gasteiger charge is 2.46. The van der Waals surface area contributed by atoms with Gasteiger partial charge in [0, 0.05) is 24.8 Å². The fourth-order valence-electron chi connectivity index (χ4n) is 1.96. The highest BCUT2D eigenvalue weighted by atomic mass is 32.2. The van der Waals surface area contributed by atoms with Crippen molar-refractivity contribution < 1.29 is 21.6 Å². The monoisotopic (exact) mass is 322 g/mol. The van der Waals surface area contributed by atoms with E-state index in [9.17, 15) is 21.6 Å². The number of likely N-dealkylation sites (N-methyl/N-ethyl adjacent to an activating group) is 1. The van der Waals surface area contributed by atoms with Gasteiger partial charge in [-0.2, -0.15) is 13.2 Å². The molecule has 0 unspecified atom stereocenters. The molecule has 1 aromatic carbocycles. The van der Waals surface area contributed by atoms with E-state index in [1.165, 1.54) is 25.0 Å². The lowest BCUT2D eigenvalue weighted by Gasteiger charge is -2.16. The third kappa shape index (κ3) is 3.88. The van der Waals surface area contributed by atoms with Gasteiger partial charge < -0.3 is 10.2 Å². The molecule has 118 valence electrons. The summed E-state index contributed by atoms with van der Waals surface area (Å²) in [4.78, 5) is 1.48. The Kier molecular flexibility index (Phi) is 4.48. The maximum Gasteiger partial charge on any atom is 0.501 e. The summed E-state index contributed by atoms with van der Waals surface area (Å²) >= 11 is 0. The lowest BCUT2D eigenvalue weighted by Crippen LogP contribution is -2.27. The van der Waals surface area contributed by atoms with Crippen LogP contribution in [0.5, 0.6) is 0 Å². The van der Waals surface area contributed by atoms with Crippen LogP contribution in [0.2, 0.25) is 0 Å². The van der Waals surface area contributed by atoms with Crippen molar-refractivity contribution in [2.45, 2.75) is 29.3 Å². The normalized spacial score (nSPS) is 16.2. The fourth-order valence-corrected chi connectivity index (χ4v) is 2.72. The predicted molar refractivity (Wildman–Crippen MR) is 73.8 cm³/mol. The average molecular weight is 322 g/mol. The highest BCUT2D eigenvalue weighted by Crippen LogP contribution is 2.30. The zero-order chi connectivity index (χ0) is 15.7. The highest BCUT2D eigenvalue weighted by molar-refractivity contribution is 7.92. The van der Waals surface area contributed by atoms with Gasteiger partial charge in [-0.05, 0) is 44.2 Å². The van der Waals surface area contributed by atoms with Crippen LogP contribution in [0.1, 0.15) is 12.8 Å². The summed E-state index contributed by atoms with van der Waals surface area (Å²) in [6.07, 6.45) is 2.42. The standard InChI is InChI=1S/C13H17F3N2O2S/c1-18(11-4-5-11)9-8-17-10-2-6-12(7-3-10)21(19,20)13(14,15)16/h2-3,6-7,11,17H,4-5,8-9H2,1H3. The zero-order valence-corrected chi connectivity index (χ0v) is 12.3. The molecule has 0 heterocycles. The zero-order valence-electron chi connectivity index (χ0n) is 11.5. The van der Waals surface area contributed by atoms with Crippen molar-refractivity contribution in [3.8, 4) is 0 Å². The molecular formula is C13H17F3N2O2S. The van der Waals surface area contributed by atoms with E-state index >= 15 is 0 Å². The van der Waals surface area contributed by atoms with Gasteiger partial charge >= 0.3 is 5.51 Å². The molecule has 0 aromatic heterocycles. The largest absolute Gasteiger partial charge is 0.501 e. The number of nitrogens with zero attached hydrogens (tertiary/aromatic N) is 1. The number of sulfone groups is 1. The molecule has 0 amide bonds. The Morgan fingerprint density at radius 1 is 1.24 bits per heavy atom. The molecule has 0 radical (unpaired) electrons. The van der Waals surface area contributed by atoms with E-state index in [1.54, 1.807) is 0 Å². The van der Waals surface area contributed by atoms with Gasteiger partial charge in [-0.25, -0.2) is 8.42 Å². The summed E-state index contributed by atoms with van der Waals surface area (Å²) in [5, 5.41) is 3.06. The Morgan fingerprint density at radius 3 is 2.29 bits per heavy atom. The molecule has 1 saturated carbocycles. The molecule has 8 heteroatoms. The van der Waals surface area contributed by atoms with Crippen LogP contribution in [0, 0.1) is 0 Å². The van der Waals surface area contributed by atoms with Crippen molar-refractivity contribution in [1.82, 2.24) is 4.90 Å². The Hall–Kier alpha value is -1.28. The van der Waals surface area contributed by atoms with Gasteiger partial charge in [0.05, 0.1) is 4.90 Å². The van der Waals surface area contributed by atoms with Crippen LogP contribution in [0.3, 0.4) is 0 Å². The molecule has 0 atom stereocenters. The van der Waals surface area contributed by atoms with E-state index in [0.717, 1.165) is 18.7 Å². The first-order valence-corrected chi connectivity index (χ1v) is 8.05. The number of hydrogen-bond donors (Lipinski definition) is 1. The van der Waals surface area contributed by atoms with E-state index in [-0.39, 0.29) is 0 Å². The fraction of sp³-hybridized carbons (Fsp3) is 0.538. The molecule has 1 aromatic rings. The molecule has 0 spiro atoms. The molecule has 4 nitrogen and oxygen atoms in total. The minimum Gasteiger partial charge on any atom is -0.384 e. The SMILES string of the molecule is CN(CCNc1ccc(S(=O)(=O)C(F)(F)F)cc1)C1CC1. The second kappa shape index (κ2) is 5.84. The van der Waals surface area contributed by atoms with E-state index in [2.05, 4.69) is 10.2 Å². The lowest BCUT2D eigenvalue weighted by molar-refractivity contribution is -0.0436. The van der Waals surface area contributed by atoms with Crippen molar-refractivity contribution in [1.29, 1.82) is 0 Å². The van der Waals surface area contributed by atoms with Crippen LogP contribution in [0.15, 0.2) is 29.2 Å². The molecule has 1 N–H and O–H groups in total. The third-order valence-corrected chi connectivity index (χ3v) is 4.94. The third-order valence-electron chi connectivity index (χ3n) is 3.43. The smallest absolute Gasteiger partial charge is 0.384 e. The molecule has 0 saturated heterocycles. The van der Waals surface area contributed by atoms with Gasteiger partial charge in [-0.15, -0.1) is 0 Å². The number of anilines is 1. The van der Waals surface area contributed by atoms with Crippen LogP contribution in [0.4, 0.5) is 18.9 Å². The summed E-state index contributed by atoms with van der Waals surface area (Å²) in [5.74, 6) is 0. The van der Waals surface area contributed by atoms with Crippen LogP contribution in [0.25, 0.3) is 0 Å². The number of hydrogen-bond acceptors (Lipinski definition) is 4. The van der Waals surface area contributed by atoms with Crippen LogP contribution >= 0.6 is 0 Å². The number of alkyl halides is 3. The van der Waals surface area contributed by atoms with Gasteiger partial charge in [-0.3, -0.25) is 0 Å². The first-order valence-electron chi connectivity index (χ1n) is 6.57. The molecule has 1 aliphatic rings. The molecule has 1 aliphatic carbocycles. The maximum absolute atomic E-state index is 12.4. The summed E-state index contributed by atoms with van der Waals surface area (Å²) in [7, 11) is -3.24. The lowest BCUT2D eigenvalue weighted by atomic mass is 10.3. The molecular weight excluding hydrogens is 305 g/mol. The quantitative estimate of drug-likeness (QED) is 0.874. The van der Waals surface area contributed by atoms with Crippen molar-refractivity contribution >= 4 is 15.5 Å². The van der Waals surface area contributed by atoms with E-state index in [1.807, 2.05) is 7.05 Å². The van der Waals surface area contributed by atoms with Crippen molar-refractivity contribution in [2.75, 3.05) is 25.5 Å². The Bertz CT molecular complexity index is 580. The second-order valence-electron chi connectivity index (χ2n) is 5.11.